The largest absolute Gasteiger partial charge is 0.315 e. The first-order valence-corrected chi connectivity index (χ1v) is 5.97. The van der Waals surface area contributed by atoms with E-state index >= 15 is 0 Å². The van der Waals surface area contributed by atoms with Crippen LogP contribution in [0.2, 0.25) is 0 Å². The molecule has 0 amide bonds. The fraction of sp³-hybridized carbons (Fsp3) is 0.615. The molecule has 1 heterocycles. The first-order chi connectivity index (χ1) is 7.57. The first-order valence-electron chi connectivity index (χ1n) is 5.97. The standard InChI is InChI=1S/C13H22N2O/c1-5-8-14-9-11-6-7-12(10(2)3)15(4)13(11)16/h6-7,10,14H,5,8-9H2,1-4H3. The Bertz CT molecular complexity index is 393. The van der Waals surface area contributed by atoms with Gasteiger partial charge >= 0.3 is 0 Å². The minimum absolute atomic E-state index is 0.120. The molecule has 0 bridgehead atoms. The summed E-state index contributed by atoms with van der Waals surface area (Å²) < 4.78 is 1.76. The monoisotopic (exact) mass is 222 g/mol. The van der Waals surface area contributed by atoms with Gasteiger partial charge in [0.15, 0.2) is 0 Å². The lowest BCUT2D eigenvalue weighted by Gasteiger charge is -2.13. The maximum atomic E-state index is 12.0. The van der Waals surface area contributed by atoms with Gasteiger partial charge in [0.05, 0.1) is 0 Å². The van der Waals surface area contributed by atoms with Crippen molar-refractivity contribution < 1.29 is 0 Å². The van der Waals surface area contributed by atoms with Gasteiger partial charge in [-0.25, -0.2) is 0 Å². The molecular weight excluding hydrogens is 200 g/mol. The Hall–Kier alpha value is -1.09. The second-order valence-electron chi connectivity index (χ2n) is 4.48. The molecule has 3 heteroatoms. The molecule has 1 aromatic heterocycles. The topological polar surface area (TPSA) is 34.0 Å². The van der Waals surface area contributed by atoms with Crippen molar-refractivity contribution in [2.75, 3.05) is 6.54 Å². The zero-order valence-corrected chi connectivity index (χ0v) is 10.7. The average Bonchev–Trinajstić information content (AvgIpc) is 2.24. The predicted octanol–water partition coefficient (Wildman–Crippen LogP) is 2.01. The van der Waals surface area contributed by atoms with E-state index in [9.17, 15) is 4.79 Å². The van der Waals surface area contributed by atoms with Crippen LogP contribution in [0.15, 0.2) is 16.9 Å². The molecule has 1 aromatic rings. The number of pyridine rings is 1. The van der Waals surface area contributed by atoms with Crippen LogP contribution >= 0.6 is 0 Å². The molecule has 0 saturated heterocycles. The third-order valence-electron chi connectivity index (χ3n) is 2.76. The summed E-state index contributed by atoms with van der Waals surface area (Å²) in [5.74, 6) is 0.385. The van der Waals surface area contributed by atoms with Crippen LogP contribution in [0.5, 0.6) is 0 Å². The molecule has 90 valence electrons. The molecule has 0 aliphatic heterocycles. The summed E-state index contributed by atoms with van der Waals surface area (Å²) in [6.07, 6.45) is 1.09. The smallest absolute Gasteiger partial charge is 0.254 e. The van der Waals surface area contributed by atoms with Gasteiger partial charge in [0.25, 0.3) is 5.56 Å². The van der Waals surface area contributed by atoms with Crippen LogP contribution in [0.3, 0.4) is 0 Å². The normalized spacial score (nSPS) is 11.1. The molecule has 0 atom stereocenters. The SMILES string of the molecule is CCCNCc1ccc(C(C)C)n(C)c1=O. The van der Waals surface area contributed by atoms with Gasteiger partial charge < -0.3 is 9.88 Å². The highest BCUT2D eigenvalue weighted by atomic mass is 16.1. The molecular formula is C13H22N2O. The van der Waals surface area contributed by atoms with Crippen molar-refractivity contribution >= 4 is 0 Å². The third kappa shape index (κ3) is 2.95. The first kappa shape index (κ1) is 13.0. The van der Waals surface area contributed by atoms with Crippen molar-refractivity contribution in [2.24, 2.45) is 7.05 Å². The van der Waals surface area contributed by atoms with E-state index in [4.69, 9.17) is 0 Å². The highest BCUT2D eigenvalue weighted by Crippen LogP contribution is 2.11. The summed E-state index contributed by atoms with van der Waals surface area (Å²) in [5.41, 5.74) is 2.05. The lowest BCUT2D eigenvalue weighted by atomic mass is 10.1. The molecule has 1 N–H and O–H groups in total. The summed E-state index contributed by atoms with van der Waals surface area (Å²) in [5, 5.41) is 3.25. The molecule has 0 radical (unpaired) electrons. The van der Waals surface area contributed by atoms with Gasteiger partial charge in [-0.1, -0.05) is 26.8 Å². The Morgan fingerprint density at radius 1 is 1.38 bits per heavy atom. The maximum absolute atomic E-state index is 12.0. The van der Waals surface area contributed by atoms with E-state index < -0.39 is 0 Å². The van der Waals surface area contributed by atoms with Crippen LogP contribution < -0.4 is 10.9 Å². The summed E-state index contributed by atoms with van der Waals surface area (Å²) in [6.45, 7) is 7.94. The molecule has 0 saturated carbocycles. The number of nitrogens with zero attached hydrogens (tertiary/aromatic N) is 1. The number of nitrogens with one attached hydrogen (secondary N) is 1. The summed E-state index contributed by atoms with van der Waals surface area (Å²) >= 11 is 0. The van der Waals surface area contributed by atoms with Gasteiger partial charge in [0, 0.05) is 24.8 Å². The molecule has 0 aromatic carbocycles. The van der Waals surface area contributed by atoms with Crippen LogP contribution in [0.25, 0.3) is 0 Å². The minimum atomic E-state index is 0.120. The van der Waals surface area contributed by atoms with Gasteiger partial charge in [-0.05, 0) is 24.9 Å². The van der Waals surface area contributed by atoms with Gasteiger partial charge in [0.1, 0.15) is 0 Å². The molecule has 0 spiro atoms. The van der Waals surface area contributed by atoms with Gasteiger partial charge in [-0.15, -0.1) is 0 Å². The molecule has 3 nitrogen and oxygen atoms in total. The summed E-state index contributed by atoms with van der Waals surface area (Å²) in [4.78, 5) is 12.0. The zero-order valence-electron chi connectivity index (χ0n) is 10.7. The minimum Gasteiger partial charge on any atom is -0.315 e. The van der Waals surface area contributed by atoms with E-state index in [1.807, 2.05) is 13.1 Å². The van der Waals surface area contributed by atoms with E-state index in [2.05, 4.69) is 32.2 Å². The van der Waals surface area contributed by atoms with E-state index in [-0.39, 0.29) is 5.56 Å². The van der Waals surface area contributed by atoms with Crippen molar-refractivity contribution in [3.8, 4) is 0 Å². The van der Waals surface area contributed by atoms with E-state index in [1.54, 1.807) is 4.57 Å². The van der Waals surface area contributed by atoms with Crippen LogP contribution in [-0.4, -0.2) is 11.1 Å². The Labute approximate surface area is 97.5 Å². The lowest BCUT2D eigenvalue weighted by Crippen LogP contribution is -2.28. The van der Waals surface area contributed by atoms with Crippen LogP contribution in [0.1, 0.15) is 44.4 Å². The summed E-state index contributed by atoms with van der Waals surface area (Å²) in [7, 11) is 1.85. The van der Waals surface area contributed by atoms with Gasteiger partial charge in [-0.2, -0.15) is 0 Å². The van der Waals surface area contributed by atoms with Crippen LogP contribution in [0, 0.1) is 0 Å². The van der Waals surface area contributed by atoms with E-state index in [0.717, 1.165) is 24.2 Å². The molecule has 0 fully saturated rings. The molecule has 1 rings (SSSR count). The second kappa shape index (κ2) is 5.85. The fourth-order valence-corrected chi connectivity index (χ4v) is 1.82. The molecule has 0 aliphatic carbocycles. The molecule has 0 aliphatic rings. The maximum Gasteiger partial charge on any atom is 0.254 e. The zero-order chi connectivity index (χ0) is 12.1. The van der Waals surface area contributed by atoms with Gasteiger partial charge in [0.2, 0.25) is 0 Å². The van der Waals surface area contributed by atoms with Gasteiger partial charge in [-0.3, -0.25) is 4.79 Å². The molecule has 0 unspecified atom stereocenters. The van der Waals surface area contributed by atoms with Crippen molar-refractivity contribution in [1.29, 1.82) is 0 Å². The Kier molecular flexibility index (Phi) is 4.74. The predicted molar refractivity (Wildman–Crippen MR) is 67.8 cm³/mol. The van der Waals surface area contributed by atoms with Crippen molar-refractivity contribution in [2.45, 2.75) is 39.7 Å². The molecule has 16 heavy (non-hydrogen) atoms. The Morgan fingerprint density at radius 3 is 2.62 bits per heavy atom. The lowest BCUT2D eigenvalue weighted by molar-refractivity contribution is 0.649. The van der Waals surface area contributed by atoms with Crippen LogP contribution in [0.4, 0.5) is 0 Å². The Morgan fingerprint density at radius 2 is 2.06 bits per heavy atom. The highest BCUT2D eigenvalue weighted by molar-refractivity contribution is 5.18. The van der Waals surface area contributed by atoms with Crippen LogP contribution in [-0.2, 0) is 13.6 Å². The summed E-state index contributed by atoms with van der Waals surface area (Å²) in [6, 6.07) is 4.00. The van der Waals surface area contributed by atoms with E-state index in [0.29, 0.717) is 12.5 Å². The highest BCUT2D eigenvalue weighted by Gasteiger charge is 2.07. The van der Waals surface area contributed by atoms with Crippen molar-refractivity contribution in [3.63, 3.8) is 0 Å². The number of hydrogen-bond donors (Lipinski definition) is 1. The Balaban J connectivity index is 2.90. The van der Waals surface area contributed by atoms with Crippen molar-refractivity contribution in [1.82, 2.24) is 9.88 Å². The van der Waals surface area contributed by atoms with E-state index in [1.165, 1.54) is 0 Å². The third-order valence-corrected chi connectivity index (χ3v) is 2.76. The number of aromatic nitrogens is 1. The quantitative estimate of drug-likeness (QED) is 0.773. The fourth-order valence-electron chi connectivity index (χ4n) is 1.82. The van der Waals surface area contributed by atoms with Crippen molar-refractivity contribution in [3.05, 3.63) is 33.7 Å². The second-order valence-corrected chi connectivity index (χ2v) is 4.48. The number of hydrogen-bond acceptors (Lipinski definition) is 2. The average molecular weight is 222 g/mol. The number of rotatable bonds is 5.